The zero-order valence-electron chi connectivity index (χ0n) is 13.7. The predicted octanol–water partition coefficient (Wildman–Crippen LogP) is 2.33. The van der Waals surface area contributed by atoms with Gasteiger partial charge in [0.25, 0.3) is 0 Å². The number of rotatable bonds is 3. The summed E-state index contributed by atoms with van der Waals surface area (Å²) in [5, 5.41) is 11.8. The molecule has 0 saturated carbocycles. The third kappa shape index (κ3) is 2.75. The van der Waals surface area contributed by atoms with Crippen LogP contribution in [-0.4, -0.2) is 28.5 Å². The summed E-state index contributed by atoms with van der Waals surface area (Å²) in [6.07, 6.45) is 4.06. The highest BCUT2D eigenvalue weighted by atomic mass is 16.5. The van der Waals surface area contributed by atoms with E-state index in [1.165, 1.54) is 5.56 Å². The summed E-state index contributed by atoms with van der Waals surface area (Å²) in [4.78, 5) is 0. The second-order valence-electron chi connectivity index (χ2n) is 6.81. The lowest BCUT2D eigenvalue weighted by atomic mass is 9.86. The SMILES string of the molecule is CC(NC1CC2(CCNC2)Oc2ccccc21)c1ccn(C)n1. The van der Waals surface area contributed by atoms with Gasteiger partial charge in [-0.25, -0.2) is 0 Å². The van der Waals surface area contributed by atoms with Gasteiger partial charge in [0.2, 0.25) is 0 Å². The third-order valence-electron chi connectivity index (χ3n) is 5.03. The van der Waals surface area contributed by atoms with Crippen LogP contribution in [0.5, 0.6) is 5.75 Å². The van der Waals surface area contributed by atoms with Gasteiger partial charge in [0, 0.05) is 50.3 Å². The summed E-state index contributed by atoms with van der Waals surface area (Å²) in [7, 11) is 1.96. The number of nitrogens with one attached hydrogen (secondary N) is 2. The molecule has 1 saturated heterocycles. The van der Waals surface area contributed by atoms with Gasteiger partial charge in [-0.15, -0.1) is 0 Å². The molecule has 122 valence electrons. The second-order valence-corrected chi connectivity index (χ2v) is 6.81. The Labute approximate surface area is 137 Å². The summed E-state index contributed by atoms with van der Waals surface area (Å²) in [6, 6.07) is 11.0. The van der Waals surface area contributed by atoms with Crippen molar-refractivity contribution in [2.75, 3.05) is 13.1 Å². The molecule has 2 aliphatic heterocycles. The number of benzene rings is 1. The molecule has 2 aromatic rings. The molecule has 2 N–H and O–H groups in total. The lowest BCUT2D eigenvalue weighted by molar-refractivity contribution is 0.0472. The van der Waals surface area contributed by atoms with Gasteiger partial charge in [-0.2, -0.15) is 5.10 Å². The van der Waals surface area contributed by atoms with Crippen LogP contribution in [-0.2, 0) is 7.05 Å². The number of aromatic nitrogens is 2. The maximum atomic E-state index is 6.38. The molecule has 0 radical (unpaired) electrons. The highest BCUT2D eigenvalue weighted by Gasteiger charge is 2.43. The molecule has 2 aliphatic rings. The van der Waals surface area contributed by atoms with E-state index in [1.807, 2.05) is 17.9 Å². The number of fused-ring (bicyclic) bond motifs is 1. The van der Waals surface area contributed by atoms with Crippen LogP contribution < -0.4 is 15.4 Å². The van der Waals surface area contributed by atoms with Crippen molar-refractivity contribution in [3.05, 3.63) is 47.8 Å². The summed E-state index contributed by atoms with van der Waals surface area (Å²) in [6.45, 7) is 4.14. The molecule has 3 unspecified atom stereocenters. The number of aryl methyl sites for hydroxylation is 1. The topological polar surface area (TPSA) is 51.1 Å². The molecule has 0 amide bonds. The Morgan fingerprint density at radius 3 is 3.00 bits per heavy atom. The number of ether oxygens (including phenoxy) is 1. The van der Waals surface area contributed by atoms with Crippen molar-refractivity contribution in [1.29, 1.82) is 0 Å². The van der Waals surface area contributed by atoms with Crippen molar-refractivity contribution < 1.29 is 4.74 Å². The minimum atomic E-state index is -0.0736. The monoisotopic (exact) mass is 312 g/mol. The minimum absolute atomic E-state index is 0.0736. The van der Waals surface area contributed by atoms with E-state index in [0.717, 1.165) is 37.4 Å². The minimum Gasteiger partial charge on any atom is -0.485 e. The first-order valence-corrected chi connectivity index (χ1v) is 8.39. The lowest BCUT2D eigenvalue weighted by Crippen LogP contribution is -2.46. The smallest absolute Gasteiger partial charge is 0.124 e. The van der Waals surface area contributed by atoms with Crippen molar-refractivity contribution in [2.45, 2.75) is 37.5 Å². The van der Waals surface area contributed by atoms with Crippen LogP contribution in [0.3, 0.4) is 0 Å². The molecule has 1 fully saturated rings. The van der Waals surface area contributed by atoms with E-state index >= 15 is 0 Å². The van der Waals surface area contributed by atoms with Gasteiger partial charge in [0.1, 0.15) is 11.4 Å². The maximum Gasteiger partial charge on any atom is 0.124 e. The molecule has 0 aliphatic carbocycles. The van der Waals surface area contributed by atoms with Crippen molar-refractivity contribution in [1.82, 2.24) is 20.4 Å². The van der Waals surface area contributed by atoms with Gasteiger partial charge in [0.05, 0.1) is 5.69 Å². The first-order valence-electron chi connectivity index (χ1n) is 8.39. The van der Waals surface area contributed by atoms with E-state index in [2.05, 4.69) is 53.0 Å². The number of para-hydroxylation sites is 1. The Bertz CT molecular complexity index is 690. The molecule has 1 aromatic carbocycles. The summed E-state index contributed by atoms with van der Waals surface area (Å²) >= 11 is 0. The van der Waals surface area contributed by atoms with Crippen LogP contribution in [0.4, 0.5) is 0 Å². The average molecular weight is 312 g/mol. The van der Waals surface area contributed by atoms with Gasteiger partial charge in [-0.1, -0.05) is 18.2 Å². The number of hydrogen-bond donors (Lipinski definition) is 2. The van der Waals surface area contributed by atoms with Crippen LogP contribution in [0, 0.1) is 0 Å². The predicted molar refractivity (Wildman–Crippen MR) is 89.4 cm³/mol. The maximum absolute atomic E-state index is 6.38. The van der Waals surface area contributed by atoms with Crippen molar-refractivity contribution in [3.63, 3.8) is 0 Å². The lowest BCUT2D eigenvalue weighted by Gasteiger charge is -2.40. The zero-order valence-corrected chi connectivity index (χ0v) is 13.7. The molecule has 23 heavy (non-hydrogen) atoms. The summed E-state index contributed by atoms with van der Waals surface area (Å²) in [5.74, 6) is 1.02. The second kappa shape index (κ2) is 5.65. The largest absolute Gasteiger partial charge is 0.485 e. The highest BCUT2D eigenvalue weighted by molar-refractivity contribution is 5.39. The highest BCUT2D eigenvalue weighted by Crippen LogP contribution is 2.42. The van der Waals surface area contributed by atoms with E-state index in [0.29, 0.717) is 0 Å². The molecule has 3 atom stereocenters. The Kier molecular flexibility index (Phi) is 3.62. The third-order valence-corrected chi connectivity index (χ3v) is 5.03. The Morgan fingerprint density at radius 1 is 1.39 bits per heavy atom. The molecule has 3 heterocycles. The summed E-state index contributed by atoms with van der Waals surface area (Å²) < 4.78 is 8.23. The van der Waals surface area contributed by atoms with Crippen LogP contribution in [0.25, 0.3) is 0 Å². The molecule has 5 nitrogen and oxygen atoms in total. The molecular formula is C18H24N4O. The normalized spacial score (nSPS) is 27.7. The number of hydrogen-bond acceptors (Lipinski definition) is 4. The van der Waals surface area contributed by atoms with Crippen LogP contribution in [0.2, 0.25) is 0 Å². The Hall–Kier alpha value is -1.85. The Morgan fingerprint density at radius 2 is 2.26 bits per heavy atom. The van der Waals surface area contributed by atoms with Gasteiger partial charge < -0.3 is 15.4 Å². The van der Waals surface area contributed by atoms with Crippen molar-refractivity contribution in [3.8, 4) is 5.75 Å². The van der Waals surface area contributed by atoms with Crippen LogP contribution in [0.15, 0.2) is 36.5 Å². The molecule has 4 rings (SSSR count). The van der Waals surface area contributed by atoms with E-state index < -0.39 is 0 Å². The molecule has 1 aromatic heterocycles. The summed E-state index contributed by atoms with van der Waals surface area (Å²) in [5.41, 5.74) is 2.26. The van der Waals surface area contributed by atoms with Gasteiger partial charge in [-0.05, 0) is 25.6 Å². The van der Waals surface area contributed by atoms with Crippen LogP contribution >= 0.6 is 0 Å². The van der Waals surface area contributed by atoms with Gasteiger partial charge >= 0.3 is 0 Å². The van der Waals surface area contributed by atoms with E-state index in [4.69, 9.17) is 4.74 Å². The quantitative estimate of drug-likeness (QED) is 0.913. The molecule has 5 heteroatoms. The van der Waals surface area contributed by atoms with E-state index in [-0.39, 0.29) is 17.7 Å². The van der Waals surface area contributed by atoms with E-state index in [9.17, 15) is 0 Å². The average Bonchev–Trinajstić information content (AvgIpc) is 3.17. The zero-order chi connectivity index (χ0) is 15.9. The standard InChI is InChI=1S/C18H24N4O/c1-13(15-7-10-22(2)21-15)20-16-11-18(8-9-19-12-18)23-17-6-4-3-5-14(16)17/h3-7,10,13,16,19-20H,8-9,11-12H2,1-2H3. The first kappa shape index (κ1) is 14.7. The fourth-order valence-electron chi connectivity index (χ4n) is 3.80. The van der Waals surface area contributed by atoms with Crippen molar-refractivity contribution >= 4 is 0 Å². The van der Waals surface area contributed by atoms with Crippen LogP contribution in [0.1, 0.15) is 43.1 Å². The van der Waals surface area contributed by atoms with E-state index in [1.54, 1.807) is 0 Å². The molecule has 1 spiro atoms. The van der Waals surface area contributed by atoms with Gasteiger partial charge in [0.15, 0.2) is 0 Å². The fourth-order valence-corrected chi connectivity index (χ4v) is 3.80. The van der Waals surface area contributed by atoms with Crippen molar-refractivity contribution in [2.24, 2.45) is 7.05 Å². The molecule has 0 bridgehead atoms. The first-order chi connectivity index (χ1) is 11.2. The Balaban J connectivity index is 1.61. The number of nitrogens with zero attached hydrogens (tertiary/aromatic N) is 2. The molecular weight excluding hydrogens is 288 g/mol. The fraction of sp³-hybridized carbons (Fsp3) is 0.500. The van der Waals surface area contributed by atoms with Gasteiger partial charge in [-0.3, -0.25) is 4.68 Å².